The van der Waals surface area contributed by atoms with Crippen LogP contribution in [0.3, 0.4) is 0 Å². The van der Waals surface area contributed by atoms with Crippen molar-refractivity contribution < 1.29 is 18.3 Å². The lowest BCUT2D eigenvalue weighted by molar-refractivity contribution is 0.0801. The van der Waals surface area contributed by atoms with E-state index >= 15 is 0 Å². The molecule has 0 saturated heterocycles. The van der Waals surface area contributed by atoms with Crippen LogP contribution in [0.2, 0.25) is 0 Å². The third-order valence-electron chi connectivity index (χ3n) is 2.46. The van der Waals surface area contributed by atoms with Crippen LogP contribution in [0.15, 0.2) is 18.5 Å². The van der Waals surface area contributed by atoms with E-state index in [0.717, 1.165) is 0 Å². The minimum atomic E-state index is -2.62. The molecular formula is C11H11F2N3O2. The van der Waals surface area contributed by atoms with Gasteiger partial charge < -0.3 is 15.0 Å². The SMILES string of the molecule is Cn1cnc2cc(C(N)=O)c(OCC(F)F)cc21. The molecule has 0 fully saturated rings. The van der Waals surface area contributed by atoms with Gasteiger partial charge in [-0.3, -0.25) is 4.79 Å². The molecule has 0 radical (unpaired) electrons. The highest BCUT2D eigenvalue weighted by atomic mass is 19.3. The van der Waals surface area contributed by atoms with Crippen LogP contribution < -0.4 is 10.5 Å². The smallest absolute Gasteiger partial charge is 0.272 e. The van der Waals surface area contributed by atoms with Gasteiger partial charge in [-0.1, -0.05) is 0 Å². The standard InChI is InChI=1S/C11H11F2N3O2/c1-16-5-15-7-2-6(11(14)17)9(3-8(7)16)18-4-10(12)13/h2-3,5,10H,4H2,1H3,(H2,14,17). The zero-order valence-corrected chi connectivity index (χ0v) is 9.56. The lowest BCUT2D eigenvalue weighted by atomic mass is 10.1. The molecule has 2 aromatic rings. The maximum Gasteiger partial charge on any atom is 0.272 e. The van der Waals surface area contributed by atoms with Crippen LogP contribution in [0.25, 0.3) is 11.0 Å². The van der Waals surface area contributed by atoms with Crippen molar-refractivity contribution >= 4 is 16.9 Å². The van der Waals surface area contributed by atoms with Gasteiger partial charge in [0, 0.05) is 13.1 Å². The maximum atomic E-state index is 12.1. The number of aromatic nitrogens is 2. The zero-order valence-electron chi connectivity index (χ0n) is 9.56. The Morgan fingerprint density at radius 3 is 2.89 bits per heavy atom. The number of aryl methyl sites for hydroxylation is 1. The summed E-state index contributed by atoms with van der Waals surface area (Å²) < 4.78 is 30.8. The predicted octanol–water partition coefficient (Wildman–Crippen LogP) is 1.32. The van der Waals surface area contributed by atoms with Gasteiger partial charge in [-0.25, -0.2) is 13.8 Å². The molecule has 0 aliphatic rings. The van der Waals surface area contributed by atoms with E-state index in [9.17, 15) is 13.6 Å². The van der Waals surface area contributed by atoms with Crippen LogP contribution in [-0.4, -0.2) is 28.5 Å². The van der Waals surface area contributed by atoms with Gasteiger partial charge in [0.05, 0.1) is 22.9 Å². The lowest BCUT2D eigenvalue weighted by Gasteiger charge is -2.09. The van der Waals surface area contributed by atoms with E-state index in [-0.39, 0.29) is 11.3 Å². The molecule has 0 unspecified atom stereocenters. The second kappa shape index (κ2) is 4.59. The van der Waals surface area contributed by atoms with E-state index in [1.807, 2.05) is 0 Å². The summed E-state index contributed by atoms with van der Waals surface area (Å²) in [7, 11) is 1.75. The molecule has 5 nitrogen and oxygen atoms in total. The number of halogens is 2. The van der Waals surface area contributed by atoms with Crippen LogP contribution in [0.5, 0.6) is 5.75 Å². The number of rotatable bonds is 4. The first-order chi connectivity index (χ1) is 8.49. The number of benzene rings is 1. The van der Waals surface area contributed by atoms with Crippen LogP contribution in [0.1, 0.15) is 10.4 Å². The topological polar surface area (TPSA) is 70.1 Å². The van der Waals surface area contributed by atoms with E-state index in [0.29, 0.717) is 11.0 Å². The fourth-order valence-electron chi connectivity index (χ4n) is 1.62. The average Bonchev–Trinajstić information content (AvgIpc) is 2.66. The van der Waals surface area contributed by atoms with Crippen LogP contribution in [0.4, 0.5) is 8.78 Å². The molecule has 1 amide bonds. The Kier molecular flexibility index (Phi) is 3.14. The van der Waals surface area contributed by atoms with E-state index < -0.39 is 18.9 Å². The first-order valence-corrected chi connectivity index (χ1v) is 5.15. The third-order valence-corrected chi connectivity index (χ3v) is 2.46. The van der Waals surface area contributed by atoms with Gasteiger partial charge >= 0.3 is 0 Å². The summed E-state index contributed by atoms with van der Waals surface area (Å²) >= 11 is 0. The quantitative estimate of drug-likeness (QED) is 0.895. The lowest BCUT2D eigenvalue weighted by Crippen LogP contribution is -2.15. The molecule has 0 bridgehead atoms. The Hall–Kier alpha value is -2.18. The molecule has 2 N–H and O–H groups in total. The van der Waals surface area contributed by atoms with Gasteiger partial charge in [-0.2, -0.15) is 0 Å². The number of hydrogen-bond acceptors (Lipinski definition) is 3. The molecule has 0 spiro atoms. The molecule has 7 heteroatoms. The molecule has 18 heavy (non-hydrogen) atoms. The number of nitrogens with two attached hydrogens (primary N) is 1. The number of carbonyl (C=O) groups excluding carboxylic acids is 1. The summed E-state index contributed by atoms with van der Waals surface area (Å²) in [4.78, 5) is 15.3. The Balaban J connectivity index is 2.49. The number of ether oxygens (including phenoxy) is 1. The highest BCUT2D eigenvalue weighted by Gasteiger charge is 2.15. The van der Waals surface area contributed by atoms with Crippen molar-refractivity contribution in [3.05, 3.63) is 24.0 Å². The number of amides is 1. The summed E-state index contributed by atoms with van der Waals surface area (Å²) in [5, 5.41) is 0. The van der Waals surface area contributed by atoms with Crippen LogP contribution in [-0.2, 0) is 7.05 Å². The molecule has 1 aromatic heterocycles. The minimum Gasteiger partial charge on any atom is -0.487 e. The van der Waals surface area contributed by atoms with E-state index in [1.54, 1.807) is 17.9 Å². The van der Waals surface area contributed by atoms with Gasteiger partial charge in [-0.05, 0) is 6.07 Å². The van der Waals surface area contributed by atoms with Gasteiger partial charge in [0.15, 0.2) is 0 Å². The van der Waals surface area contributed by atoms with E-state index in [1.165, 1.54) is 12.1 Å². The van der Waals surface area contributed by atoms with Crippen LogP contribution in [0, 0.1) is 0 Å². The fraction of sp³-hybridized carbons (Fsp3) is 0.273. The summed E-state index contributed by atoms with van der Waals surface area (Å²) in [6, 6.07) is 2.91. The number of fused-ring (bicyclic) bond motifs is 1. The van der Waals surface area contributed by atoms with Crippen molar-refractivity contribution in [1.82, 2.24) is 9.55 Å². The molecule has 0 saturated carbocycles. The van der Waals surface area contributed by atoms with Crippen molar-refractivity contribution in [2.45, 2.75) is 6.43 Å². The number of carbonyl (C=O) groups is 1. The van der Waals surface area contributed by atoms with Gasteiger partial charge in [0.25, 0.3) is 12.3 Å². The number of imidazole rings is 1. The summed E-state index contributed by atoms with van der Waals surface area (Å²) in [5.74, 6) is -0.703. The fourth-order valence-corrected chi connectivity index (χ4v) is 1.62. The largest absolute Gasteiger partial charge is 0.487 e. The van der Waals surface area contributed by atoms with Crippen molar-refractivity contribution in [3.63, 3.8) is 0 Å². The second-order valence-electron chi connectivity index (χ2n) is 3.76. The summed E-state index contributed by atoms with van der Waals surface area (Å²) in [6.07, 6.45) is -1.07. The number of primary amides is 1. The normalized spacial score (nSPS) is 11.1. The predicted molar refractivity (Wildman–Crippen MR) is 60.7 cm³/mol. The molecule has 1 aromatic carbocycles. The maximum absolute atomic E-state index is 12.1. The van der Waals surface area contributed by atoms with Gasteiger partial charge in [-0.15, -0.1) is 0 Å². The monoisotopic (exact) mass is 255 g/mol. The van der Waals surface area contributed by atoms with Crippen molar-refractivity contribution in [3.8, 4) is 5.75 Å². The molecule has 2 rings (SSSR count). The van der Waals surface area contributed by atoms with Crippen LogP contribution >= 0.6 is 0 Å². The number of nitrogens with zero attached hydrogens (tertiary/aromatic N) is 2. The first-order valence-electron chi connectivity index (χ1n) is 5.15. The van der Waals surface area contributed by atoms with Crippen molar-refractivity contribution in [2.24, 2.45) is 12.8 Å². The molecule has 0 atom stereocenters. The number of hydrogen-bond donors (Lipinski definition) is 1. The van der Waals surface area contributed by atoms with E-state index in [2.05, 4.69) is 4.98 Å². The first kappa shape index (κ1) is 12.3. The summed E-state index contributed by atoms with van der Waals surface area (Å²) in [6.45, 7) is -0.788. The molecule has 0 aliphatic carbocycles. The Bertz CT molecular complexity index is 595. The molecule has 0 aliphatic heterocycles. The molecule has 1 heterocycles. The molecular weight excluding hydrogens is 244 g/mol. The van der Waals surface area contributed by atoms with Crippen molar-refractivity contribution in [1.29, 1.82) is 0 Å². The highest BCUT2D eigenvalue weighted by Crippen LogP contribution is 2.25. The number of alkyl halides is 2. The third kappa shape index (κ3) is 2.24. The Morgan fingerprint density at radius 2 is 2.28 bits per heavy atom. The van der Waals surface area contributed by atoms with Gasteiger partial charge in [0.1, 0.15) is 12.4 Å². The second-order valence-corrected chi connectivity index (χ2v) is 3.76. The van der Waals surface area contributed by atoms with Crippen molar-refractivity contribution in [2.75, 3.05) is 6.61 Å². The minimum absolute atomic E-state index is 0.0406. The molecule has 96 valence electrons. The highest BCUT2D eigenvalue weighted by molar-refractivity contribution is 5.99. The summed E-state index contributed by atoms with van der Waals surface area (Å²) in [5.41, 5.74) is 6.44. The average molecular weight is 255 g/mol. The Morgan fingerprint density at radius 1 is 1.56 bits per heavy atom. The van der Waals surface area contributed by atoms with Gasteiger partial charge in [0.2, 0.25) is 0 Å². The van der Waals surface area contributed by atoms with E-state index in [4.69, 9.17) is 10.5 Å². The zero-order chi connectivity index (χ0) is 13.3. The Labute approximate surface area is 101 Å².